The molecule has 1 heterocycles. The average molecular weight is 183 g/mol. The van der Waals surface area contributed by atoms with Crippen molar-refractivity contribution in [3.05, 3.63) is 41.7 Å². The Balaban J connectivity index is 3.15. The first-order valence-electron chi connectivity index (χ1n) is 3.99. The Kier molecular flexibility index (Phi) is 2.76. The lowest BCUT2D eigenvalue weighted by Gasteiger charge is -2.11. The van der Waals surface area contributed by atoms with E-state index in [1.807, 2.05) is 0 Å². The lowest BCUT2D eigenvalue weighted by molar-refractivity contribution is 0.467. The fourth-order valence-corrected chi connectivity index (χ4v) is 1.03. The number of allylic oxidation sites excluding steroid dienone is 1. The summed E-state index contributed by atoms with van der Waals surface area (Å²) in [6.45, 7) is 7.25. The van der Waals surface area contributed by atoms with Gasteiger partial charge in [-0.25, -0.2) is 9.37 Å². The number of rotatable bonds is 2. The van der Waals surface area contributed by atoms with Gasteiger partial charge in [-0.15, -0.1) is 0 Å². The van der Waals surface area contributed by atoms with Crippen LogP contribution >= 0.6 is 0 Å². The van der Waals surface area contributed by atoms with Crippen LogP contribution in [0.15, 0.2) is 24.4 Å². The summed E-state index contributed by atoms with van der Waals surface area (Å²) in [6.07, 6.45) is 1.26. The highest BCUT2D eigenvalue weighted by Crippen LogP contribution is 2.24. The van der Waals surface area contributed by atoms with Crippen molar-refractivity contribution in [2.24, 2.45) is 0 Å². The molecule has 0 saturated carbocycles. The smallest absolute Gasteiger partial charge is 0.226 e. The molecule has 1 unspecified atom stereocenters. The first-order chi connectivity index (χ1) is 6.04. The van der Waals surface area contributed by atoms with E-state index < -0.39 is 11.8 Å². The molecule has 1 nitrogen and oxygen atoms in total. The van der Waals surface area contributed by atoms with Crippen molar-refractivity contribution >= 4 is 0 Å². The van der Waals surface area contributed by atoms with Crippen LogP contribution in [-0.2, 0) is 0 Å². The van der Waals surface area contributed by atoms with Gasteiger partial charge in [-0.3, -0.25) is 0 Å². The van der Waals surface area contributed by atoms with Gasteiger partial charge in [-0.05, 0) is 13.0 Å². The quantitative estimate of drug-likeness (QED) is 0.507. The van der Waals surface area contributed by atoms with Crippen molar-refractivity contribution < 1.29 is 8.78 Å². The number of halogens is 2. The highest BCUT2D eigenvalue weighted by molar-refractivity contribution is 5.25. The molecular weight excluding hydrogens is 172 g/mol. The summed E-state index contributed by atoms with van der Waals surface area (Å²) in [5, 5.41) is 0. The molecule has 0 aliphatic carbocycles. The molecule has 0 fully saturated rings. The van der Waals surface area contributed by atoms with Crippen molar-refractivity contribution in [2.75, 3.05) is 0 Å². The van der Waals surface area contributed by atoms with Gasteiger partial charge in [-0.1, -0.05) is 19.1 Å². The third-order valence-electron chi connectivity index (χ3n) is 2.08. The second-order valence-electron chi connectivity index (χ2n) is 3.07. The van der Waals surface area contributed by atoms with Gasteiger partial charge < -0.3 is 0 Å². The number of hydrogen-bond donors (Lipinski definition) is 0. The summed E-state index contributed by atoms with van der Waals surface area (Å²) in [4.78, 5) is 3.21. The zero-order valence-corrected chi connectivity index (χ0v) is 7.64. The Morgan fingerprint density at radius 3 is 2.69 bits per heavy atom. The maximum atomic E-state index is 13.1. The van der Waals surface area contributed by atoms with Crippen molar-refractivity contribution in [1.82, 2.24) is 4.98 Å². The van der Waals surface area contributed by atoms with Gasteiger partial charge >= 0.3 is 0 Å². The summed E-state index contributed by atoms with van der Waals surface area (Å²) in [5.41, 5.74) is 1.10. The molecule has 0 spiro atoms. The zero-order chi connectivity index (χ0) is 10.0. The van der Waals surface area contributed by atoms with Crippen LogP contribution in [0.5, 0.6) is 0 Å². The summed E-state index contributed by atoms with van der Waals surface area (Å²) in [7, 11) is 0. The first kappa shape index (κ1) is 9.84. The standard InChI is InChI=1S/C10H11F2N/c1-6(2)7(3)8-4-5-13-10(12)9(8)11/h4-5,7H,1H2,2-3H3. The van der Waals surface area contributed by atoms with Crippen LogP contribution in [0.25, 0.3) is 0 Å². The van der Waals surface area contributed by atoms with Gasteiger partial charge in [0.05, 0.1) is 0 Å². The maximum Gasteiger partial charge on any atom is 0.249 e. The SMILES string of the molecule is C=C(C)C(C)c1ccnc(F)c1F. The molecule has 0 aromatic carbocycles. The van der Waals surface area contributed by atoms with Crippen LogP contribution in [-0.4, -0.2) is 4.98 Å². The molecule has 0 bridgehead atoms. The predicted octanol–water partition coefficient (Wildman–Crippen LogP) is 3.04. The van der Waals surface area contributed by atoms with Crippen LogP contribution in [0, 0.1) is 11.8 Å². The summed E-state index contributed by atoms with van der Waals surface area (Å²) < 4.78 is 25.8. The molecule has 1 rings (SSSR count). The molecular formula is C10H11F2N. The Labute approximate surface area is 76.1 Å². The third-order valence-corrected chi connectivity index (χ3v) is 2.08. The van der Waals surface area contributed by atoms with Crippen LogP contribution in [0.1, 0.15) is 25.3 Å². The number of hydrogen-bond acceptors (Lipinski definition) is 1. The van der Waals surface area contributed by atoms with E-state index in [-0.39, 0.29) is 5.92 Å². The minimum absolute atomic E-state index is 0.183. The summed E-state index contributed by atoms with van der Waals surface area (Å²) in [5.74, 6) is -2.11. The monoisotopic (exact) mass is 183 g/mol. The molecule has 0 N–H and O–H groups in total. The average Bonchev–Trinajstić information content (AvgIpc) is 2.08. The predicted molar refractivity (Wildman–Crippen MR) is 47.4 cm³/mol. The van der Waals surface area contributed by atoms with Gasteiger partial charge in [0.2, 0.25) is 5.95 Å². The highest BCUT2D eigenvalue weighted by Gasteiger charge is 2.14. The summed E-state index contributed by atoms with van der Waals surface area (Å²) in [6, 6.07) is 1.47. The molecule has 0 amide bonds. The zero-order valence-electron chi connectivity index (χ0n) is 7.64. The van der Waals surface area contributed by atoms with Gasteiger partial charge in [0.1, 0.15) is 0 Å². The molecule has 0 radical (unpaired) electrons. The largest absolute Gasteiger partial charge is 0.249 e. The summed E-state index contributed by atoms with van der Waals surface area (Å²) >= 11 is 0. The number of nitrogens with zero attached hydrogens (tertiary/aromatic N) is 1. The fraction of sp³-hybridized carbons (Fsp3) is 0.300. The lowest BCUT2D eigenvalue weighted by Crippen LogP contribution is -2.01. The molecule has 70 valence electrons. The van der Waals surface area contributed by atoms with Crippen molar-refractivity contribution in [2.45, 2.75) is 19.8 Å². The molecule has 0 aliphatic rings. The second kappa shape index (κ2) is 3.64. The topological polar surface area (TPSA) is 12.9 Å². The molecule has 3 heteroatoms. The van der Waals surface area contributed by atoms with Crippen LogP contribution in [0.2, 0.25) is 0 Å². The minimum Gasteiger partial charge on any atom is -0.226 e. The fourth-order valence-electron chi connectivity index (χ4n) is 1.03. The molecule has 0 aliphatic heterocycles. The molecule has 0 saturated heterocycles. The van der Waals surface area contributed by atoms with Crippen LogP contribution in [0.4, 0.5) is 8.78 Å². The second-order valence-corrected chi connectivity index (χ2v) is 3.07. The van der Waals surface area contributed by atoms with Crippen molar-refractivity contribution in [1.29, 1.82) is 0 Å². The Hall–Kier alpha value is -1.25. The molecule has 1 aromatic heterocycles. The number of pyridine rings is 1. The van der Waals surface area contributed by atoms with E-state index in [2.05, 4.69) is 11.6 Å². The number of aromatic nitrogens is 1. The van der Waals surface area contributed by atoms with E-state index in [0.29, 0.717) is 5.56 Å². The van der Waals surface area contributed by atoms with Gasteiger partial charge in [0.15, 0.2) is 5.82 Å². The Bertz CT molecular complexity index is 334. The van der Waals surface area contributed by atoms with Crippen LogP contribution in [0.3, 0.4) is 0 Å². The normalized spacial score (nSPS) is 12.6. The Morgan fingerprint density at radius 1 is 1.54 bits per heavy atom. The first-order valence-corrected chi connectivity index (χ1v) is 3.99. The molecule has 1 aromatic rings. The Morgan fingerprint density at radius 2 is 2.15 bits per heavy atom. The maximum absolute atomic E-state index is 13.1. The highest BCUT2D eigenvalue weighted by atomic mass is 19.2. The van der Waals surface area contributed by atoms with E-state index >= 15 is 0 Å². The van der Waals surface area contributed by atoms with Gasteiger partial charge in [0.25, 0.3) is 0 Å². The van der Waals surface area contributed by atoms with Gasteiger partial charge in [-0.2, -0.15) is 4.39 Å². The van der Waals surface area contributed by atoms with E-state index in [4.69, 9.17) is 0 Å². The van der Waals surface area contributed by atoms with E-state index in [9.17, 15) is 8.78 Å². The van der Waals surface area contributed by atoms with E-state index in [1.165, 1.54) is 12.3 Å². The molecule has 13 heavy (non-hydrogen) atoms. The van der Waals surface area contributed by atoms with Gasteiger partial charge in [0, 0.05) is 17.7 Å². The lowest BCUT2D eigenvalue weighted by atomic mass is 9.96. The minimum atomic E-state index is -1.05. The van der Waals surface area contributed by atoms with E-state index in [1.54, 1.807) is 13.8 Å². The molecule has 1 atom stereocenters. The van der Waals surface area contributed by atoms with Crippen molar-refractivity contribution in [3.63, 3.8) is 0 Å². The third kappa shape index (κ3) is 1.91. The van der Waals surface area contributed by atoms with Crippen LogP contribution < -0.4 is 0 Å². The van der Waals surface area contributed by atoms with E-state index in [0.717, 1.165) is 5.57 Å². The van der Waals surface area contributed by atoms with Crippen molar-refractivity contribution in [3.8, 4) is 0 Å².